The standard InChI is InChI=1S/C56H40N2/c1-38-14-13-19-42(32-38)45-34-46(56-51-22-11-12-23-52(51)57(55(56)37-45)47-20-9-4-10-21-47)33-39-24-28-48(29-25-39)58-53-35-43(40-15-5-2-6-16-40)26-30-49(53)50-31-27-44(36-54(50)58)41-17-7-3-8-18-41/h2-32,34-37H,33H2,1H3. The number of aromatic nitrogens is 2. The second kappa shape index (κ2) is 14.0. The fourth-order valence-electron chi connectivity index (χ4n) is 9.07. The summed E-state index contributed by atoms with van der Waals surface area (Å²) in [7, 11) is 0. The highest BCUT2D eigenvalue weighted by Gasteiger charge is 2.19. The van der Waals surface area contributed by atoms with Crippen molar-refractivity contribution in [2.24, 2.45) is 0 Å². The van der Waals surface area contributed by atoms with Gasteiger partial charge < -0.3 is 9.13 Å². The largest absolute Gasteiger partial charge is 0.309 e. The van der Waals surface area contributed by atoms with Crippen LogP contribution in [-0.2, 0) is 6.42 Å². The number of hydrogen-bond acceptors (Lipinski definition) is 0. The van der Waals surface area contributed by atoms with Crippen LogP contribution in [0.15, 0.2) is 212 Å². The van der Waals surface area contributed by atoms with Gasteiger partial charge in [0.25, 0.3) is 0 Å². The zero-order valence-electron chi connectivity index (χ0n) is 32.3. The minimum Gasteiger partial charge on any atom is -0.309 e. The number of nitrogens with zero attached hydrogens (tertiary/aromatic N) is 2. The van der Waals surface area contributed by atoms with E-state index in [0.717, 1.165) is 12.1 Å². The lowest BCUT2D eigenvalue weighted by molar-refractivity contribution is 1.15. The summed E-state index contributed by atoms with van der Waals surface area (Å²) in [6.45, 7) is 2.17. The summed E-state index contributed by atoms with van der Waals surface area (Å²) in [5, 5.41) is 5.09. The third-order valence-corrected chi connectivity index (χ3v) is 11.8. The number of para-hydroxylation sites is 2. The molecule has 2 aromatic heterocycles. The van der Waals surface area contributed by atoms with Crippen molar-refractivity contribution in [3.05, 3.63) is 229 Å². The third kappa shape index (κ3) is 5.81. The van der Waals surface area contributed by atoms with E-state index >= 15 is 0 Å². The molecule has 0 aliphatic heterocycles. The van der Waals surface area contributed by atoms with Crippen molar-refractivity contribution < 1.29 is 0 Å². The molecule has 0 amide bonds. The number of rotatable bonds is 7. The molecule has 0 unspecified atom stereocenters. The summed E-state index contributed by atoms with van der Waals surface area (Å²) in [6.07, 6.45) is 0.808. The fraction of sp³-hybridized carbons (Fsp3) is 0.0357. The molecule has 11 aromatic rings. The summed E-state index contributed by atoms with van der Waals surface area (Å²) in [5.74, 6) is 0. The first-order valence-electron chi connectivity index (χ1n) is 20.1. The van der Waals surface area contributed by atoms with Gasteiger partial charge in [0.2, 0.25) is 0 Å². The Labute approximate surface area is 338 Å². The van der Waals surface area contributed by atoms with Gasteiger partial charge in [-0.05, 0) is 106 Å². The molecule has 274 valence electrons. The Balaban J connectivity index is 1.08. The molecular weight excluding hydrogens is 701 g/mol. The van der Waals surface area contributed by atoms with Crippen molar-refractivity contribution in [2.45, 2.75) is 13.3 Å². The minimum absolute atomic E-state index is 0.808. The van der Waals surface area contributed by atoms with Crippen molar-refractivity contribution in [3.63, 3.8) is 0 Å². The van der Waals surface area contributed by atoms with Gasteiger partial charge in [-0.3, -0.25) is 0 Å². The second-order valence-electron chi connectivity index (χ2n) is 15.5. The van der Waals surface area contributed by atoms with Gasteiger partial charge in [0.15, 0.2) is 0 Å². The lowest BCUT2D eigenvalue weighted by atomic mass is 9.94. The first-order valence-corrected chi connectivity index (χ1v) is 20.1. The van der Waals surface area contributed by atoms with Gasteiger partial charge in [-0.15, -0.1) is 0 Å². The molecule has 58 heavy (non-hydrogen) atoms. The summed E-state index contributed by atoms with van der Waals surface area (Å²) < 4.78 is 4.89. The van der Waals surface area contributed by atoms with E-state index in [2.05, 4.69) is 228 Å². The van der Waals surface area contributed by atoms with E-state index in [1.54, 1.807) is 0 Å². The fourth-order valence-corrected chi connectivity index (χ4v) is 9.07. The van der Waals surface area contributed by atoms with E-state index in [4.69, 9.17) is 0 Å². The number of benzene rings is 9. The maximum Gasteiger partial charge on any atom is 0.0550 e. The van der Waals surface area contributed by atoms with Crippen LogP contribution in [0.4, 0.5) is 0 Å². The lowest BCUT2D eigenvalue weighted by Crippen LogP contribution is -1.97. The predicted octanol–water partition coefficient (Wildman–Crippen LogP) is 14.8. The Hall–Kier alpha value is -7.42. The predicted molar refractivity (Wildman–Crippen MR) is 245 cm³/mol. The molecule has 2 heterocycles. The van der Waals surface area contributed by atoms with Crippen LogP contribution in [0.25, 0.3) is 88.4 Å². The van der Waals surface area contributed by atoms with Gasteiger partial charge in [-0.1, -0.05) is 169 Å². The summed E-state index contributed by atoms with van der Waals surface area (Å²) in [6, 6.07) is 77.8. The van der Waals surface area contributed by atoms with Crippen molar-refractivity contribution in [1.82, 2.24) is 9.13 Å². The number of hydrogen-bond donors (Lipinski definition) is 0. The third-order valence-electron chi connectivity index (χ3n) is 11.8. The normalized spacial score (nSPS) is 11.6. The van der Waals surface area contributed by atoms with E-state index in [9.17, 15) is 0 Å². The van der Waals surface area contributed by atoms with Crippen LogP contribution in [0.5, 0.6) is 0 Å². The van der Waals surface area contributed by atoms with Crippen LogP contribution >= 0.6 is 0 Å². The zero-order chi connectivity index (χ0) is 38.6. The van der Waals surface area contributed by atoms with Crippen LogP contribution in [-0.4, -0.2) is 9.13 Å². The molecule has 0 spiro atoms. The van der Waals surface area contributed by atoms with Gasteiger partial charge in [0, 0.05) is 32.9 Å². The van der Waals surface area contributed by atoms with Gasteiger partial charge >= 0.3 is 0 Å². The Bertz CT molecular complexity index is 3180. The van der Waals surface area contributed by atoms with Crippen LogP contribution < -0.4 is 0 Å². The molecule has 0 saturated heterocycles. The molecule has 0 atom stereocenters. The van der Waals surface area contributed by atoms with Crippen LogP contribution in [0, 0.1) is 6.92 Å². The van der Waals surface area contributed by atoms with Crippen LogP contribution in [0.3, 0.4) is 0 Å². The highest BCUT2D eigenvalue weighted by molar-refractivity contribution is 6.13. The molecule has 2 nitrogen and oxygen atoms in total. The molecule has 0 fully saturated rings. The monoisotopic (exact) mass is 740 g/mol. The van der Waals surface area contributed by atoms with Gasteiger partial charge in [-0.2, -0.15) is 0 Å². The van der Waals surface area contributed by atoms with Crippen LogP contribution in [0.2, 0.25) is 0 Å². The molecule has 11 rings (SSSR count). The summed E-state index contributed by atoms with van der Waals surface area (Å²) in [4.78, 5) is 0. The Morgan fingerprint density at radius 3 is 1.48 bits per heavy atom. The average molecular weight is 741 g/mol. The molecule has 2 heteroatoms. The highest BCUT2D eigenvalue weighted by Crippen LogP contribution is 2.40. The highest BCUT2D eigenvalue weighted by atomic mass is 15.0. The van der Waals surface area contributed by atoms with E-state index < -0.39 is 0 Å². The van der Waals surface area contributed by atoms with E-state index in [1.165, 1.54) is 99.4 Å². The molecule has 0 aliphatic carbocycles. The molecule has 0 radical (unpaired) electrons. The maximum atomic E-state index is 2.46. The quantitative estimate of drug-likeness (QED) is 0.154. The average Bonchev–Trinajstić information content (AvgIpc) is 3.80. The topological polar surface area (TPSA) is 9.86 Å². The minimum atomic E-state index is 0.808. The Morgan fingerprint density at radius 2 is 0.845 bits per heavy atom. The van der Waals surface area contributed by atoms with E-state index in [1.807, 2.05) is 0 Å². The second-order valence-corrected chi connectivity index (χ2v) is 15.5. The van der Waals surface area contributed by atoms with E-state index in [-0.39, 0.29) is 0 Å². The van der Waals surface area contributed by atoms with Crippen LogP contribution in [0.1, 0.15) is 16.7 Å². The molecular formula is C56H40N2. The summed E-state index contributed by atoms with van der Waals surface area (Å²) >= 11 is 0. The van der Waals surface area contributed by atoms with E-state index in [0.29, 0.717) is 0 Å². The Morgan fingerprint density at radius 1 is 0.328 bits per heavy atom. The Kier molecular flexibility index (Phi) is 8.15. The van der Waals surface area contributed by atoms with Crippen molar-refractivity contribution in [3.8, 4) is 44.8 Å². The molecule has 0 N–H and O–H groups in total. The summed E-state index contributed by atoms with van der Waals surface area (Å²) in [5.41, 5.74) is 18.4. The smallest absolute Gasteiger partial charge is 0.0550 e. The molecule has 0 saturated carbocycles. The molecule has 0 aliphatic rings. The van der Waals surface area contributed by atoms with Crippen molar-refractivity contribution in [2.75, 3.05) is 0 Å². The SMILES string of the molecule is Cc1cccc(-c2cc(Cc3ccc(-n4c5cc(-c6ccccc6)ccc5c5ccc(-c6ccccc6)cc54)cc3)c3c4ccccc4n(-c4ccccc4)c3c2)c1. The van der Waals surface area contributed by atoms with Crippen molar-refractivity contribution in [1.29, 1.82) is 0 Å². The molecule has 0 bridgehead atoms. The number of fused-ring (bicyclic) bond motifs is 6. The van der Waals surface area contributed by atoms with Gasteiger partial charge in [0.05, 0.1) is 22.1 Å². The van der Waals surface area contributed by atoms with Gasteiger partial charge in [0.1, 0.15) is 0 Å². The maximum absolute atomic E-state index is 2.46. The number of aryl methyl sites for hydroxylation is 1. The molecule has 9 aromatic carbocycles. The van der Waals surface area contributed by atoms with Gasteiger partial charge in [-0.25, -0.2) is 0 Å². The first kappa shape index (κ1) is 33.9. The lowest BCUT2D eigenvalue weighted by Gasteiger charge is -2.13. The van der Waals surface area contributed by atoms with Crippen molar-refractivity contribution >= 4 is 43.6 Å². The zero-order valence-corrected chi connectivity index (χ0v) is 32.3. The first-order chi connectivity index (χ1) is 28.7.